The van der Waals surface area contributed by atoms with E-state index in [1.54, 1.807) is 24.3 Å². The minimum absolute atomic E-state index is 0.0175. The van der Waals surface area contributed by atoms with E-state index < -0.39 is 13.8 Å². The highest BCUT2D eigenvalue weighted by Gasteiger charge is 2.19. The molecule has 0 aliphatic rings. The van der Waals surface area contributed by atoms with Crippen LogP contribution in [0.5, 0.6) is 0 Å². The Morgan fingerprint density at radius 3 is 2.16 bits per heavy atom. The molecule has 1 aromatic carbocycles. The molecule has 1 rings (SSSR count). The number of unbranched alkanes of at least 4 members (excludes halogenated alkanes) is 1. The van der Waals surface area contributed by atoms with Crippen LogP contribution in [0.1, 0.15) is 19.3 Å². The first-order valence-electron chi connectivity index (χ1n) is 5.51. The van der Waals surface area contributed by atoms with Crippen molar-refractivity contribution in [1.82, 2.24) is 0 Å². The van der Waals surface area contributed by atoms with Crippen LogP contribution < -0.4 is 4.72 Å². The molecule has 0 fully saturated rings. The molecule has 0 aliphatic carbocycles. The van der Waals surface area contributed by atoms with Gasteiger partial charge in [-0.25, -0.2) is 8.42 Å². The van der Waals surface area contributed by atoms with Gasteiger partial charge in [0.25, 0.3) is 0 Å². The topological polar surface area (TPSA) is 46.2 Å². The maximum absolute atomic E-state index is 11.8. The minimum atomic E-state index is -3.39. The van der Waals surface area contributed by atoms with Gasteiger partial charge in [0, 0.05) is 10.7 Å². The zero-order valence-electron chi connectivity index (χ0n) is 9.87. The summed E-state index contributed by atoms with van der Waals surface area (Å²) in [6.07, 6.45) is 1.28. The Kier molecular flexibility index (Phi) is 6.54. The Labute approximate surface area is 133 Å². The third kappa shape index (κ3) is 8.10. The second kappa shape index (κ2) is 7.23. The average molecular weight is 365 g/mol. The molecular weight excluding hydrogens is 352 g/mol. The van der Waals surface area contributed by atoms with Gasteiger partial charge in [-0.15, -0.1) is 0 Å². The number of hydrogen-bond donors (Lipinski definition) is 1. The molecule has 0 amide bonds. The molecule has 0 aliphatic heterocycles. The highest BCUT2D eigenvalue weighted by Crippen LogP contribution is 2.31. The van der Waals surface area contributed by atoms with Crippen LogP contribution in [0.3, 0.4) is 0 Å². The maximum atomic E-state index is 11.8. The second-order valence-corrected chi connectivity index (χ2v) is 8.79. The number of sulfonamides is 1. The third-order valence-corrected chi connectivity index (χ3v) is 4.43. The summed E-state index contributed by atoms with van der Waals surface area (Å²) < 4.78 is 24.7. The highest BCUT2D eigenvalue weighted by atomic mass is 35.6. The van der Waals surface area contributed by atoms with Crippen molar-refractivity contribution in [2.24, 2.45) is 0 Å². The van der Waals surface area contributed by atoms with Crippen molar-refractivity contribution in [2.75, 3.05) is 10.5 Å². The molecule has 0 saturated heterocycles. The number of halogens is 4. The summed E-state index contributed by atoms with van der Waals surface area (Å²) in [5.41, 5.74) is 0.478. The SMILES string of the molecule is O=S(=O)(CCCCC(Cl)(Cl)Cl)Nc1ccc(Cl)cc1. The zero-order valence-corrected chi connectivity index (χ0v) is 13.7. The van der Waals surface area contributed by atoms with Crippen LogP contribution >= 0.6 is 46.4 Å². The first-order chi connectivity index (χ1) is 8.68. The van der Waals surface area contributed by atoms with E-state index in [4.69, 9.17) is 46.4 Å². The normalized spacial score (nSPS) is 12.4. The Bertz CT molecular complexity index is 496. The lowest BCUT2D eigenvalue weighted by atomic mass is 10.3. The van der Waals surface area contributed by atoms with E-state index in [2.05, 4.69) is 4.72 Å². The molecule has 1 N–H and O–H groups in total. The van der Waals surface area contributed by atoms with Crippen LogP contribution in [-0.2, 0) is 10.0 Å². The fraction of sp³-hybridized carbons (Fsp3) is 0.455. The number of hydrogen-bond acceptors (Lipinski definition) is 2. The van der Waals surface area contributed by atoms with Gasteiger partial charge in [0.2, 0.25) is 10.0 Å². The van der Waals surface area contributed by atoms with E-state index in [-0.39, 0.29) is 5.75 Å². The van der Waals surface area contributed by atoms with E-state index >= 15 is 0 Å². The van der Waals surface area contributed by atoms with Gasteiger partial charge in [0.15, 0.2) is 3.79 Å². The van der Waals surface area contributed by atoms with Gasteiger partial charge >= 0.3 is 0 Å². The number of benzene rings is 1. The lowest BCUT2D eigenvalue weighted by molar-refractivity contribution is 0.595. The maximum Gasteiger partial charge on any atom is 0.232 e. The predicted molar refractivity (Wildman–Crippen MR) is 83.0 cm³/mol. The third-order valence-electron chi connectivity index (χ3n) is 2.24. The van der Waals surface area contributed by atoms with Gasteiger partial charge in [-0.3, -0.25) is 4.72 Å². The molecule has 19 heavy (non-hydrogen) atoms. The molecule has 0 unspecified atom stereocenters. The molecule has 3 nitrogen and oxygen atoms in total. The van der Waals surface area contributed by atoms with E-state index in [0.29, 0.717) is 30.0 Å². The van der Waals surface area contributed by atoms with Crippen LogP contribution in [0.4, 0.5) is 5.69 Å². The van der Waals surface area contributed by atoms with Crippen LogP contribution in [-0.4, -0.2) is 18.0 Å². The summed E-state index contributed by atoms with van der Waals surface area (Å²) in [6, 6.07) is 6.42. The minimum Gasteiger partial charge on any atom is -0.284 e. The van der Waals surface area contributed by atoms with Crippen molar-refractivity contribution in [1.29, 1.82) is 0 Å². The molecule has 0 atom stereocenters. The van der Waals surface area contributed by atoms with Crippen LogP contribution in [0.15, 0.2) is 24.3 Å². The quantitative estimate of drug-likeness (QED) is 0.591. The molecule has 0 saturated carbocycles. The van der Waals surface area contributed by atoms with Gasteiger partial charge < -0.3 is 0 Å². The van der Waals surface area contributed by atoms with Crippen molar-refractivity contribution < 1.29 is 8.42 Å². The van der Waals surface area contributed by atoms with E-state index in [1.165, 1.54) is 0 Å². The van der Waals surface area contributed by atoms with E-state index in [9.17, 15) is 8.42 Å². The number of alkyl halides is 3. The molecule has 1 aromatic rings. The molecule has 0 radical (unpaired) electrons. The number of nitrogens with one attached hydrogen (secondary N) is 1. The first-order valence-corrected chi connectivity index (χ1v) is 8.67. The molecule has 0 bridgehead atoms. The molecule has 108 valence electrons. The van der Waals surface area contributed by atoms with Crippen molar-refractivity contribution in [3.63, 3.8) is 0 Å². The standard InChI is InChI=1S/C11H13Cl4NO2S/c12-9-3-5-10(6-4-9)16-19(17,18)8-2-1-7-11(13,14)15/h3-6,16H,1-2,7-8H2. The lowest BCUT2D eigenvalue weighted by Gasteiger charge is -2.11. The van der Waals surface area contributed by atoms with Crippen molar-refractivity contribution in [3.05, 3.63) is 29.3 Å². The van der Waals surface area contributed by atoms with Crippen molar-refractivity contribution >= 4 is 62.1 Å². The summed E-state index contributed by atoms with van der Waals surface area (Å²) in [5, 5.41) is 0.547. The molecular formula is C11H13Cl4NO2S. The van der Waals surface area contributed by atoms with Crippen LogP contribution in [0.2, 0.25) is 5.02 Å². The fourth-order valence-electron chi connectivity index (χ4n) is 1.37. The Hall–Kier alpha value is 0.130. The van der Waals surface area contributed by atoms with E-state index in [1.807, 2.05) is 0 Å². The smallest absolute Gasteiger partial charge is 0.232 e. The largest absolute Gasteiger partial charge is 0.284 e. The monoisotopic (exact) mass is 363 g/mol. The number of anilines is 1. The first kappa shape index (κ1) is 17.2. The van der Waals surface area contributed by atoms with Gasteiger partial charge in [-0.05, 0) is 43.5 Å². The highest BCUT2D eigenvalue weighted by molar-refractivity contribution is 7.92. The molecule has 0 spiro atoms. The predicted octanol–water partition coefficient (Wildman–Crippen LogP) is 4.62. The second-order valence-electron chi connectivity index (χ2n) is 4.00. The summed E-state index contributed by atoms with van der Waals surface area (Å²) in [6.45, 7) is 0. The molecule has 0 aromatic heterocycles. The fourth-order valence-corrected chi connectivity index (χ4v) is 3.07. The molecule has 0 heterocycles. The van der Waals surface area contributed by atoms with Crippen molar-refractivity contribution in [3.8, 4) is 0 Å². The lowest BCUT2D eigenvalue weighted by Crippen LogP contribution is -2.17. The van der Waals surface area contributed by atoms with Gasteiger partial charge in [-0.1, -0.05) is 46.4 Å². The van der Waals surface area contributed by atoms with Crippen LogP contribution in [0, 0.1) is 0 Å². The van der Waals surface area contributed by atoms with Crippen molar-refractivity contribution in [2.45, 2.75) is 23.1 Å². The molecule has 8 heteroatoms. The van der Waals surface area contributed by atoms with Crippen LogP contribution in [0.25, 0.3) is 0 Å². The Balaban J connectivity index is 2.42. The average Bonchev–Trinajstić information content (AvgIpc) is 2.26. The van der Waals surface area contributed by atoms with Gasteiger partial charge in [0.1, 0.15) is 0 Å². The summed E-state index contributed by atoms with van der Waals surface area (Å²) in [7, 11) is -3.39. The summed E-state index contributed by atoms with van der Waals surface area (Å²) in [4.78, 5) is 0. The summed E-state index contributed by atoms with van der Waals surface area (Å²) in [5.74, 6) is -0.0175. The van der Waals surface area contributed by atoms with E-state index in [0.717, 1.165) is 0 Å². The number of rotatable bonds is 6. The summed E-state index contributed by atoms with van der Waals surface area (Å²) >= 11 is 22.5. The Morgan fingerprint density at radius 2 is 1.63 bits per heavy atom. The zero-order chi connectivity index (χ0) is 14.5. The van der Waals surface area contributed by atoms with Gasteiger partial charge in [-0.2, -0.15) is 0 Å². The van der Waals surface area contributed by atoms with Gasteiger partial charge in [0.05, 0.1) is 5.75 Å². The Morgan fingerprint density at radius 1 is 1.05 bits per heavy atom.